The van der Waals surface area contributed by atoms with Gasteiger partial charge in [0.15, 0.2) is 4.80 Å². The molecule has 1 aromatic heterocycles. The Labute approximate surface area is 146 Å². The van der Waals surface area contributed by atoms with Crippen molar-refractivity contribution in [1.29, 1.82) is 0 Å². The van der Waals surface area contributed by atoms with E-state index < -0.39 is 17.9 Å². The average Bonchev–Trinajstić information content (AvgIpc) is 2.92. The van der Waals surface area contributed by atoms with Crippen LogP contribution in [0.1, 0.15) is 23.3 Å². The molecule has 1 amide bonds. The summed E-state index contributed by atoms with van der Waals surface area (Å²) in [5.74, 6) is -1.50. The predicted molar refractivity (Wildman–Crippen MR) is 93.5 cm³/mol. The summed E-state index contributed by atoms with van der Waals surface area (Å²) in [7, 11) is 0. The van der Waals surface area contributed by atoms with Gasteiger partial charge in [-0.05, 0) is 31.2 Å². The number of benzene rings is 2. The largest absolute Gasteiger partial charge is 0.480 e. The maximum Gasteiger partial charge on any atom is 0.326 e. The minimum atomic E-state index is -0.995. The number of nitrogens with zero attached hydrogens (tertiary/aromatic N) is 2. The molecular formula is C17H13ClN2O3S. The number of aromatic nitrogens is 1. The van der Waals surface area contributed by atoms with E-state index in [1.807, 2.05) is 24.3 Å². The van der Waals surface area contributed by atoms with Crippen LogP contribution < -0.4 is 4.80 Å². The summed E-state index contributed by atoms with van der Waals surface area (Å²) in [6.07, 6.45) is 0. The highest BCUT2D eigenvalue weighted by atomic mass is 35.5. The van der Waals surface area contributed by atoms with Crippen LogP contribution in [0.2, 0.25) is 5.02 Å². The maximum atomic E-state index is 12.5. The minimum absolute atomic E-state index is 0.283. The third-order valence-electron chi connectivity index (χ3n) is 3.58. The zero-order valence-electron chi connectivity index (χ0n) is 12.6. The number of carboxylic acids is 1. The number of thiazole rings is 1. The summed E-state index contributed by atoms with van der Waals surface area (Å²) in [4.78, 5) is 28.3. The van der Waals surface area contributed by atoms with Crippen LogP contribution in [0.4, 0.5) is 0 Å². The van der Waals surface area contributed by atoms with Gasteiger partial charge in [0.05, 0.1) is 20.8 Å². The lowest BCUT2D eigenvalue weighted by molar-refractivity contribution is -0.140. The first kappa shape index (κ1) is 16.4. The van der Waals surface area contributed by atoms with Gasteiger partial charge in [-0.2, -0.15) is 4.99 Å². The van der Waals surface area contributed by atoms with E-state index in [9.17, 15) is 14.7 Å². The molecule has 1 N–H and O–H groups in total. The SMILES string of the molecule is CC(C(=O)O)n1c(=NC(=O)c2ccccc2Cl)sc2ccccc21. The van der Waals surface area contributed by atoms with E-state index in [2.05, 4.69) is 4.99 Å². The second kappa shape index (κ2) is 6.59. The van der Waals surface area contributed by atoms with Gasteiger partial charge in [0.25, 0.3) is 5.91 Å². The molecule has 1 heterocycles. The summed E-state index contributed by atoms with van der Waals surface area (Å²) < 4.78 is 2.41. The summed E-state index contributed by atoms with van der Waals surface area (Å²) >= 11 is 7.31. The van der Waals surface area contributed by atoms with Crippen LogP contribution >= 0.6 is 22.9 Å². The lowest BCUT2D eigenvalue weighted by Crippen LogP contribution is -2.25. The number of rotatable bonds is 3. The van der Waals surface area contributed by atoms with Crippen molar-refractivity contribution in [3.8, 4) is 0 Å². The van der Waals surface area contributed by atoms with Crippen molar-refractivity contribution in [1.82, 2.24) is 4.57 Å². The fourth-order valence-electron chi connectivity index (χ4n) is 2.34. The van der Waals surface area contributed by atoms with Crippen LogP contribution in [-0.4, -0.2) is 21.6 Å². The number of hydrogen-bond acceptors (Lipinski definition) is 3. The van der Waals surface area contributed by atoms with Gasteiger partial charge in [0.1, 0.15) is 6.04 Å². The topological polar surface area (TPSA) is 71.7 Å². The van der Waals surface area contributed by atoms with Gasteiger partial charge >= 0.3 is 5.97 Å². The van der Waals surface area contributed by atoms with Crippen LogP contribution in [0, 0.1) is 0 Å². The van der Waals surface area contributed by atoms with Crippen LogP contribution in [-0.2, 0) is 4.79 Å². The molecule has 0 saturated carbocycles. The first-order valence-corrected chi connectivity index (χ1v) is 8.35. The van der Waals surface area contributed by atoms with Gasteiger partial charge in [-0.25, -0.2) is 4.79 Å². The molecule has 0 spiro atoms. The van der Waals surface area contributed by atoms with Crippen LogP contribution in [0.25, 0.3) is 10.2 Å². The fraction of sp³-hybridized carbons (Fsp3) is 0.118. The second-order valence-electron chi connectivity index (χ2n) is 5.13. The van der Waals surface area contributed by atoms with Gasteiger partial charge in [0.2, 0.25) is 0 Å². The van der Waals surface area contributed by atoms with E-state index in [-0.39, 0.29) is 5.56 Å². The van der Waals surface area contributed by atoms with Gasteiger partial charge in [-0.3, -0.25) is 4.79 Å². The number of fused-ring (bicyclic) bond motifs is 1. The molecule has 0 aliphatic rings. The lowest BCUT2D eigenvalue weighted by Gasteiger charge is -2.09. The molecule has 0 bridgehead atoms. The first-order chi connectivity index (χ1) is 11.5. The van der Waals surface area contributed by atoms with Crippen molar-refractivity contribution < 1.29 is 14.7 Å². The molecule has 3 aromatic rings. The second-order valence-corrected chi connectivity index (χ2v) is 6.55. The summed E-state index contributed by atoms with van der Waals surface area (Å²) in [6.45, 7) is 1.56. The molecule has 0 radical (unpaired) electrons. The Morgan fingerprint density at radius 2 is 1.83 bits per heavy atom. The standard InChI is InChI=1S/C17H13ClN2O3S/c1-10(16(22)23)20-13-8-4-5-9-14(13)24-17(20)19-15(21)11-6-2-3-7-12(11)18/h2-10H,1H3,(H,22,23). The smallest absolute Gasteiger partial charge is 0.326 e. The van der Waals surface area contributed by atoms with Gasteiger partial charge in [-0.1, -0.05) is 47.2 Å². The highest BCUT2D eigenvalue weighted by Crippen LogP contribution is 2.21. The molecule has 0 fully saturated rings. The summed E-state index contributed by atoms with van der Waals surface area (Å²) in [5.41, 5.74) is 1.01. The van der Waals surface area contributed by atoms with E-state index in [4.69, 9.17) is 11.6 Å². The normalized spacial score (nSPS) is 13.2. The Morgan fingerprint density at radius 1 is 1.17 bits per heavy atom. The highest BCUT2D eigenvalue weighted by Gasteiger charge is 2.19. The molecule has 0 aliphatic heterocycles. The Bertz CT molecular complexity index is 1010. The predicted octanol–water partition coefficient (Wildman–Crippen LogP) is 3.74. The maximum absolute atomic E-state index is 12.5. The van der Waals surface area contributed by atoms with Crippen molar-refractivity contribution in [2.45, 2.75) is 13.0 Å². The third-order valence-corrected chi connectivity index (χ3v) is 4.94. The van der Waals surface area contributed by atoms with Gasteiger partial charge in [-0.15, -0.1) is 0 Å². The van der Waals surface area contributed by atoms with Crippen LogP contribution in [0.15, 0.2) is 53.5 Å². The van der Waals surface area contributed by atoms with Crippen molar-refractivity contribution >= 4 is 45.0 Å². The Balaban J connectivity index is 2.22. The van der Waals surface area contributed by atoms with E-state index in [1.54, 1.807) is 35.8 Å². The quantitative estimate of drug-likeness (QED) is 0.773. The molecular weight excluding hydrogens is 348 g/mol. The van der Waals surface area contributed by atoms with Crippen LogP contribution in [0.5, 0.6) is 0 Å². The van der Waals surface area contributed by atoms with E-state index >= 15 is 0 Å². The van der Waals surface area contributed by atoms with Gasteiger partial charge in [0, 0.05) is 0 Å². The number of carbonyl (C=O) groups excluding carboxylic acids is 1. The molecule has 2 aromatic carbocycles. The molecule has 1 atom stereocenters. The van der Waals surface area contributed by atoms with E-state index in [0.29, 0.717) is 9.82 Å². The zero-order valence-corrected chi connectivity index (χ0v) is 14.2. The molecule has 3 rings (SSSR count). The number of para-hydroxylation sites is 1. The zero-order chi connectivity index (χ0) is 17.3. The van der Waals surface area contributed by atoms with Crippen molar-refractivity contribution in [2.75, 3.05) is 0 Å². The molecule has 1 unspecified atom stereocenters. The first-order valence-electron chi connectivity index (χ1n) is 7.15. The average molecular weight is 361 g/mol. The highest BCUT2D eigenvalue weighted by molar-refractivity contribution is 7.16. The third kappa shape index (κ3) is 2.98. The van der Waals surface area contributed by atoms with Crippen molar-refractivity contribution in [2.24, 2.45) is 4.99 Å². The lowest BCUT2D eigenvalue weighted by atomic mass is 10.2. The monoisotopic (exact) mass is 360 g/mol. The van der Waals surface area contributed by atoms with Gasteiger partial charge < -0.3 is 9.67 Å². The Hall–Kier alpha value is -2.44. The van der Waals surface area contributed by atoms with E-state index in [1.165, 1.54) is 11.3 Å². The Morgan fingerprint density at radius 3 is 2.54 bits per heavy atom. The molecule has 122 valence electrons. The molecule has 5 nitrogen and oxygen atoms in total. The summed E-state index contributed by atoms with van der Waals surface area (Å²) in [5, 5.41) is 9.68. The summed E-state index contributed by atoms with van der Waals surface area (Å²) in [6, 6.07) is 13.1. The fourth-order valence-corrected chi connectivity index (χ4v) is 3.65. The molecule has 24 heavy (non-hydrogen) atoms. The number of halogens is 1. The van der Waals surface area contributed by atoms with Crippen molar-refractivity contribution in [3.05, 3.63) is 63.9 Å². The number of hydrogen-bond donors (Lipinski definition) is 1. The minimum Gasteiger partial charge on any atom is -0.480 e. The number of carboxylic acid groups (broad SMARTS) is 1. The molecule has 7 heteroatoms. The number of amides is 1. The molecule has 0 saturated heterocycles. The van der Waals surface area contributed by atoms with Crippen LogP contribution in [0.3, 0.4) is 0 Å². The molecule has 0 aliphatic carbocycles. The number of carbonyl (C=O) groups is 2. The number of aliphatic carboxylic acids is 1. The van der Waals surface area contributed by atoms with E-state index in [0.717, 1.165) is 10.2 Å². The Kier molecular flexibility index (Phi) is 4.51. The van der Waals surface area contributed by atoms with Crippen molar-refractivity contribution in [3.63, 3.8) is 0 Å².